The highest BCUT2D eigenvalue weighted by Crippen LogP contribution is 2.32. The fraction of sp³-hybridized carbons (Fsp3) is 0.286. The second-order valence-corrected chi connectivity index (χ2v) is 5.56. The molecule has 0 bridgehead atoms. The molecule has 0 atom stereocenters. The number of thiocarbonyl (C=S) groups is 1. The third-order valence-corrected chi connectivity index (χ3v) is 3.87. The van der Waals surface area contributed by atoms with Gasteiger partial charge in [0.25, 0.3) is 0 Å². The van der Waals surface area contributed by atoms with Crippen LogP contribution in [-0.2, 0) is 0 Å². The van der Waals surface area contributed by atoms with Gasteiger partial charge in [-0.15, -0.1) is 0 Å². The minimum Gasteiger partial charge on any atom is -0.454 e. The van der Waals surface area contributed by atoms with E-state index in [1.807, 2.05) is 24.5 Å². The summed E-state index contributed by atoms with van der Waals surface area (Å²) >= 11 is 6.50. The molecule has 0 radical (unpaired) electrons. The van der Waals surface area contributed by atoms with Crippen molar-refractivity contribution in [3.05, 3.63) is 23.8 Å². The lowest BCUT2D eigenvalue weighted by atomic mass is 10.1. The number of benzene rings is 1. The molecule has 1 aromatic rings. The van der Waals surface area contributed by atoms with Gasteiger partial charge in [-0.1, -0.05) is 11.8 Å². The summed E-state index contributed by atoms with van der Waals surface area (Å²) in [6.07, 6.45) is 3.48. The van der Waals surface area contributed by atoms with E-state index in [4.69, 9.17) is 21.7 Å². The summed E-state index contributed by atoms with van der Waals surface area (Å²) in [5, 5.41) is 12.3. The average molecular weight is 366 g/mol. The fourth-order valence-electron chi connectivity index (χ4n) is 1.73. The van der Waals surface area contributed by atoms with Crippen molar-refractivity contribution in [2.45, 2.75) is 0 Å². The molecule has 1 aliphatic rings. The van der Waals surface area contributed by atoms with Gasteiger partial charge in [0.1, 0.15) is 5.71 Å². The summed E-state index contributed by atoms with van der Waals surface area (Å²) in [6.45, 7) is 0.215. The van der Waals surface area contributed by atoms with Crippen LogP contribution in [0.5, 0.6) is 11.5 Å². The zero-order valence-corrected chi connectivity index (χ0v) is 15.1. The summed E-state index contributed by atoms with van der Waals surface area (Å²) in [6, 6.07) is 5.53. The molecule has 0 saturated heterocycles. The van der Waals surface area contributed by atoms with E-state index in [0.29, 0.717) is 27.5 Å². The molecule has 0 spiro atoms. The molecule has 0 saturated carbocycles. The van der Waals surface area contributed by atoms with E-state index in [2.05, 4.69) is 31.4 Å². The van der Waals surface area contributed by atoms with E-state index < -0.39 is 0 Å². The number of thioether (sulfide) groups is 1. The van der Waals surface area contributed by atoms with Gasteiger partial charge < -0.3 is 14.8 Å². The smallest absolute Gasteiger partial charge is 0.231 e. The lowest BCUT2D eigenvalue weighted by molar-refractivity contribution is 0.174. The Morgan fingerprint density at radius 3 is 2.79 bits per heavy atom. The van der Waals surface area contributed by atoms with Gasteiger partial charge in [0.15, 0.2) is 21.8 Å². The molecule has 128 valence electrons. The Balaban J connectivity index is 2.22. The Bertz CT molecular complexity index is 690. The van der Waals surface area contributed by atoms with Crippen LogP contribution in [0.25, 0.3) is 0 Å². The molecular formula is C14H18N6O2S2. The molecule has 1 aliphatic heterocycles. The average Bonchev–Trinajstić information content (AvgIpc) is 3.08. The fourth-order valence-corrected chi connectivity index (χ4v) is 2.10. The van der Waals surface area contributed by atoms with Gasteiger partial charge in [0, 0.05) is 19.7 Å². The highest BCUT2D eigenvalue weighted by atomic mass is 32.2. The molecule has 10 heteroatoms. The summed E-state index contributed by atoms with van der Waals surface area (Å²) in [5.41, 5.74) is 6.96. The van der Waals surface area contributed by atoms with Gasteiger partial charge in [0.05, 0.1) is 6.21 Å². The molecule has 8 nitrogen and oxygen atoms in total. The predicted octanol–water partition coefficient (Wildman–Crippen LogP) is 1.14. The Morgan fingerprint density at radius 1 is 1.29 bits per heavy atom. The van der Waals surface area contributed by atoms with Gasteiger partial charge in [-0.2, -0.15) is 10.2 Å². The summed E-state index contributed by atoms with van der Waals surface area (Å²) in [4.78, 5) is 4.04. The number of hydrazone groups is 2. The van der Waals surface area contributed by atoms with Crippen LogP contribution in [0.3, 0.4) is 0 Å². The number of hydrogen-bond donors (Lipinski definition) is 3. The standard InChI is InChI=1S/C14H18N6O2S2/c1-15-13(23)19-18-10(7-17-20-14(16-2)24-3)9-4-5-11-12(6-9)22-8-21-11/h4-7H,8H2,1-3H3,(H,16,20)(H2,15,19,23)/b17-7+,18-10-. The quantitative estimate of drug-likeness (QED) is 0.318. The minimum atomic E-state index is 0.215. The SMILES string of the molecule is CN=C(N/N=C/C(=N/NC(=S)NC)c1ccc2c(c1)OCO2)SC. The zero-order valence-electron chi connectivity index (χ0n) is 13.5. The number of nitrogens with zero attached hydrogens (tertiary/aromatic N) is 3. The van der Waals surface area contributed by atoms with E-state index in [9.17, 15) is 0 Å². The zero-order chi connectivity index (χ0) is 17.4. The normalized spacial score (nSPS) is 14.0. The van der Waals surface area contributed by atoms with Crippen LogP contribution in [0, 0.1) is 0 Å². The minimum absolute atomic E-state index is 0.215. The van der Waals surface area contributed by atoms with Crippen molar-refractivity contribution in [3.8, 4) is 11.5 Å². The molecule has 24 heavy (non-hydrogen) atoms. The maximum Gasteiger partial charge on any atom is 0.231 e. The number of fused-ring (bicyclic) bond motifs is 1. The third kappa shape index (κ3) is 4.83. The Labute approximate surface area is 149 Å². The highest BCUT2D eigenvalue weighted by molar-refractivity contribution is 8.13. The molecular weight excluding hydrogens is 348 g/mol. The van der Waals surface area contributed by atoms with Crippen molar-refractivity contribution in [1.29, 1.82) is 0 Å². The van der Waals surface area contributed by atoms with Crippen LogP contribution < -0.4 is 25.6 Å². The van der Waals surface area contributed by atoms with Crippen molar-refractivity contribution < 1.29 is 9.47 Å². The van der Waals surface area contributed by atoms with Crippen LogP contribution in [-0.4, -0.2) is 49.4 Å². The second kappa shape index (κ2) is 9.08. The number of nitrogens with one attached hydrogen (secondary N) is 3. The summed E-state index contributed by atoms with van der Waals surface area (Å²) < 4.78 is 10.7. The van der Waals surface area contributed by atoms with Gasteiger partial charge >= 0.3 is 0 Å². The number of rotatable bonds is 4. The topological polar surface area (TPSA) is 91.6 Å². The van der Waals surface area contributed by atoms with Crippen molar-refractivity contribution in [2.24, 2.45) is 15.2 Å². The van der Waals surface area contributed by atoms with Crippen molar-refractivity contribution >= 4 is 46.2 Å². The van der Waals surface area contributed by atoms with Gasteiger partial charge in [-0.05, 0) is 36.7 Å². The second-order valence-electron chi connectivity index (χ2n) is 4.36. The Hall–Kier alpha value is -2.33. The lowest BCUT2D eigenvalue weighted by Crippen LogP contribution is -2.30. The van der Waals surface area contributed by atoms with Crippen LogP contribution in [0.1, 0.15) is 5.56 Å². The number of ether oxygens (including phenoxy) is 2. The first-order valence-electron chi connectivity index (χ1n) is 6.93. The van der Waals surface area contributed by atoms with Crippen LogP contribution >= 0.6 is 24.0 Å². The molecule has 2 rings (SSSR count). The molecule has 1 aromatic carbocycles. The highest BCUT2D eigenvalue weighted by Gasteiger charge is 2.15. The number of aliphatic imine (C=N–C) groups is 1. The number of amidine groups is 1. The van der Waals surface area contributed by atoms with Crippen LogP contribution in [0.15, 0.2) is 33.4 Å². The van der Waals surface area contributed by atoms with Crippen molar-refractivity contribution in [2.75, 3.05) is 27.1 Å². The van der Waals surface area contributed by atoms with E-state index in [0.717, 1.165) is 5.56 Å². The molecule has 0 fully saturated rings. The molecule has 1 heterocycles. The maximum atomic E-state index is 5.40. The first kappa shape index (κ1) is 18.0. The monoisotopic (exact) mass is 366 g/mol. The lowest BCUT2D eigenvalue weighted by Gasteiger charge is -2.06. The first-order chi connectivity index (χ1) is 11.7. The molecule has 3 N–H and O–H groups in total. The van der Waals surface area contributed by atoms with Gasteiger partial charge in [-0.25, -0.2) is 0 Å². The van der Waals surface area contributed by atoms with E-state index in [1.54, 1.807) is 20.3 Å². The molecule has 0 amide bonds. The Morgan fingerprint density at radius 2 is 2.08 bits per heavy atom. The number of hydrogen-bond acceptors (Lipinski definition) is 7. The third-order valence-electron chi connectivity index (χ3n) is 2.92. The van der Waals surface area contributed by atoms with Crippen molar-refractivity contribution in [1.82, 2.24) is 16.2 Å². The van der Waals surface area contributed by atoms with Crippen molar-refractivity contribution in [3.63, 3.8) is 0 Å². The van der Waals surface area contributed by atoms with E-state index in [1.165, 1.54) is 11.8 Å². The maximum absolute atomic E-state index is 5.40. The van der Waals surface area contributed by atoms with E-state index in [-0.39, 0.29) is 6.79 Å². The summed E-state index contributed by atoms with van der Waals surface area (Å²) in [5.74, 6) is 1.37. The first-order valence-corrected chi connectivity index (χ1v) is 8.56. The molecule has 0 aromatic heterocycles. The predicted molar refractivity (Wildman–Crippen MR) is 102 cm³/mol. The van der Waals surface area contributed by atoms with Crippen LogP contribution in [0.2, 0.25) is 0 Å². The summed E-state index contributed by atoms with van der Waals surface area (Å²) in [7, 11) is 3.40. The van der Waals surface area contributed by atoms with Crippen LogP contribution in [0.4, 0.5) is 0 Å². The Kier molecular flexibility index (Phi) is 6.82. The van der Waals surface area contributed by atoms with E-state index >= 15 is 0 Å². The van der Waals surface area contributed by atoms with Gasteiger partial charge in [0.2, 0.25) is 6.79 Å². The van der Waals surface area contributed by atoms with Gasteiger partial charge in [-0.3, -0.25) is 15.8 Å². The largest absolute Gasteiger partial charge is 0.454 e. The molecule has 0 unspecified atom stereocenters. The molecule has 0 aliphatic carbocycles.